The van der Waals surface area contributed by atoms with Gasteiger partial charge in [-0.3, -0.25) is 0 Å². The third-order valence-electron chi connectivity index (χ3n) is 6.89. The molecule has 4 aromatic carbocycles. The van der Waals surface area contributed by atoms with Gasteiger partial charge < -0.3 is 23.0 Å². The van der Waals surface area contributed by atoms with Gasteiger partial charge in [0.1, 0.15) is 48.5 Å². The molecule has 192 valence electrons. The minimum atomic E-state index is -1.77. The van der Waals surface area contributed by atoms with Crippen molar-refractivity contribution in [3.63, 3.8) is 0 Å². The van der Waals surface area contributed by atoms with E-state index in [1.165, 1.54) is 0 Å². The van der Waals surface area contributed by atoms with E-state index >= 15 is 0 Å². The van der Waals surface area contributed by atoms with Crippen LogP contribution in [-0.2, 0) is 6.61 Å². The molecular formula is C31H28O6Si. The van der Waals surface area contributed by atoms with E-state index in [1.54, 1.807) is 14.2 Å². The highest BCUT2D eigenvalue weighted by Crippen LogP contribution is 2.44. The largest absolute Gasteiger partial charge is 0.496 e. The van der Waals surface area contributed by atoms with Crippen molar-refractivity contribution in [2.75, 3.05) is 14.2 Å². The van der Waals surface area contributed by atoms with E-state index in [4.69, 9.17) is 23.0 Å². The molecule has 2 aromatic heterocycles. The number of furan rings is 1. The first-order valence-corrected chi connectivity index (χ1v) is 16.0. The Labute approximate surface area is 220 Å². The number of rotatable bonds is 6. The lowest BCUT2D eigenvalue weighted by Crippen LogP contribution is -2.36. The summed E-state index contributed by atoms with van der Waals surface area (Å²) in [5.41, 5.74) is 1.53. The molecular weight excluding hydrogens is 496 g/mol. The number of ether oxygens (including phenoxy) is 3. The smallest absolute Gasteiger partial charge is 0.348 e. The SMILES string of the molecule is COc1cc2c(oc(=O)c3c4oc([Si](C)(C)C)cc4cc(OC)c23)c2cccc(OCc3ccccc3)c12. The van der Waals surface area contributed by atoms with Crippen molar-refractivity contribution in [1.82, 2.24) is 0 Å². The fourth-order valence-corrected chi connectivity index (χ4v) is 5.99. The van der Waals surface area contributed by atoms with Gasteiger partial charge in [-0.15, -0.1) is 0 Å². The number of hydrogen-bond donors (Lipinski definition) is 0. The lowest BCUT2D eigenvalue weighted by molar-refractivity contribution is 0.308. The van der Waals surface area contributed by atoms with Crippen LogP contribution in [0.3, 0.4) is 0 Å². The first-order valence-electron chi connectivity index (χ1n) is 12.5. The first kappa shape index (κ1) is 24.1. The van der Waals surface area contributed by atoms with Crippen LogP contribution in [0.5, 0.6) is 17.2 Å². The summed E-state index contributed by atoms with van der Waals surface area (Å²) in [7, 11) is 1.46. The quantitative estimate of drug-likeness (QED) is 0.133. The first-order chi connectivity index (χ1) is 18.3. The Morgan fingerprint density at radius 1 is 0.711 bits per heavy atom. The predicted octanol–water partition coefficient (Wildman–Crippen LogP) is 6.99. The van der Waals surface area contributed by atoms with Crippen molar-refractivity contribution < 1.29 is 23.0 Å². The van der Waals surface area contributed by atoms with Gasteiger partial charge in [-0.25, -0.2) is 4.79 Å². The van der Waals surface area contributed by atoms with Crippen molar-refractivity contribution >= 4 is 56.9 Å². The zero-order chi connectivity index (χ0) is 26.6. The summed E-state index contributed by atoms with van der Waals surface area (Å²) in [6.45, 7) is 7.01. The zero-order valence-corrected chi connectivity index (χ0v) is 23.0. The molecule has 7 heteroatoms. The van der Waals surface area contributed by atoms with E-state index in [1.807, 2.05) is 66.7 Å². The highest BCUT2D eigenvalue weighted by molar-refractivity contribution is 6.87. The van der Waals surface area contributed by atoms with Gasteiger partial charge in [0.2, 0.25) is 0 Å². The van der Waals surface area contributed by atoms with E-state index in [2.05, 4.69) is 19.6 Å². The Balaban J connectivity index is 1.67. The number of hydrogen-bond acceptors (Lipinski definition) is 6. The maximum Gasteiger partial charge on any atom is 0.348 e. The van der Waals surface area contributed by atoms with Crippen LogP contribution in [-0.4, -0.2) is 22.3 Å². The second kappa shape index (κ2) is 8.95. The normalized spacial score (nSPS) is 12.0. The molecule has 6 rings (SSSR count). The molecule has 0 N–H and O–H groups in total. The Hall–Kier alpha value is -4.23. The van der Waals surface area contributed by atoms with Crippen LogP contribution in [0.2, 0.25) is 19.6 Å². The number of methoxy groups -OCH3 is 2. The van der Waals surface area contributed by atoms with Crippen molar-refractivity contribution in [2.45, 2.75) is 26.2 Å². The van der Waals surface area contributed by atoms with Crippen molar-refractivity contribution in [3.8, 4) is 17.2 Å². The maximum atomic E-state index is 13.6. The standard InChI is InChI=1S/C31H28O6Si/c1-33-23-14-19-15-25(38(3,4)5)36-29(19)28-27(23)21-16-24(34-2)26-20(30(21)37-31(28)32)12-9-13-22(26)35-17-18-10-7-6-8-11-18/h6-16H,17H2,1-5H3. The van der Waals surface area contributed by atoms with Gasteiger partial charge in [-0.05, 0) is 29.8 Å². The van der Waals surface area contributed by atoms with Crippen molar-refractivity contribution in [1.29, 1.82) is 0 Å². The van der Waals surface area contributed by atoms with Gasteiger partial charge in [-0.2, -0.15) is 0 Å². The summed E-state index contributed by atoms with van der Waals surface area (Å²) in [4.78, 5) is 13.6. The fraction of sp³-hybridized carbons (Fsp3) is 0.194. The minimum absolute atomic E-state index is 0.370. The molecule has 0 unspecified atom stereocenters. The van der Waals surface area contributed by atoms with E-state index in [-0.39, 0.29) is 0 Å². The second-order valence-corrected chi connectivity index (χ2v) is 15.4. The molecule has 2 heterocycles. The van der Waals surface area contributed by atoms with E-state index in [0.717, 1.165) is 21.7 Å². The molecule has 0 aliphatic heterocycles. The van der Waals surface area contributed by atoms with Gasteiger partial charge >= 0.3 is 5.63 Å². The average molecular weight is 525 g/mol. The third kappa shape index (κ3) is 3.82. The topological polar surface area (TPSA) is 71.0 Å². The van der Waals surface area contributed by atoms with Crippen LogP contribution in [0.4, 0.5) is 0 Å². The molecule has 0 fully saturated rings. The van der Waals surface area contributed by atoms with Crippen LogP contribution in [0.25, 0.3) is 43.5 Å². The zero-order valence-electron chi connectivity index (χ0n) is 22.0. The maximum absolute atomic E-state index is 13.6. The number of fused-ring (bicyclic) bond motifs is 7. The summed E-state index contributed by atoms with van der Waals surface area (Å²) in [6, 6.07) is 21.5. The molecule has 0 atom stereocenters. The van der Waals surface area contributed by atoms with Gasteiger partial charge in [0.25, 0.3) is 0 Å². The molecule has 0 amide bonds. The summed E-state index contributed by atoms with van der Waals surface area (Å²) < 4.78 is 30.2. The van der Waals surface area contributed by atoms with Gasteiger partial charge in [-0.1, -0.05) is 62.1 Å². The Bertz CT molecular complexity index is 1890. The Morgan fingerprint density at radius 3 is 2.16 bits per heavy atom. The lowest BCUT2D eigenvalue weighted by atomic mass is 9.99. The highest BCUT2D eigenvalue weighted by Gasteiger charge is 2.26. The van der Waals surface area contributed by atoms with E-state index in [9.17, 15) is 4.79 Å². The van der Waals surface area contributed by atoms with Gasteiger partial charge in [0.05, 0.1) is 25.0 Å². The molecule has 6 nitrogen and oxygen atoms in total. The van der Waals surface area contributed by atoms with Crippen molar-refractivity contribution in [2.24, 2.45) is 0 Å². The van der Waals surface area contributed by atoms with E-state index < -0.39 is 13.7 Å². The van der Waals surface area contributed by atoms with Crippen LogP contribution in [0, 0.1) is 0 Å². The minimum Gasteiger partial charge on any atom is -0.496 e. The van der Waals surface area contributed by atoms with Gasteiger partial charge in [0.15, 0.2) is 0 Å². The van der Waals surface area contributed by atoms with Crippen molar-refractivity contribution in [3.05, 3.63) is 82.7 Å². The molecule has 0 aliphatic carbocycles. The predicted molar refractivity (Wildman–Crippen MR) is 154 cm³/mol. The average Bonchev–Trinajstić information content (AvgIpc) is 3.36. The molecule has 0 bridgehead atoms. The summed E-state index contributed by atoms with van der Waals surface area (Å²) in [5, 5.41) is 4.90. The fourth-order valence-electron chi connectivity index (χ4n) is 4.99. The number of benzene rings is 4. The monoisotopic (exact) mass is 524 g/mol. The Morgan fingerprint density at radius 2 is 1.45 bits per heavy atom. The van der Waals surface area contributed by atoms with Crippen LogP contribution < -0.4 is 25.2 Å². The molecule has 6 aromatic rings. The summed E-state index contributed by atoms with van der Waals surface area (Å²) in [5.74, 6) is 1.82. The second-order valence-electron chi connectivity index (χ2n) is 10.4. The van der Waals surface area contributed by atoms with E-state index in [0.29, 0.717) is 56.6 Å². The molecule has 0 radical (unpaired) electrons. The summed E-state index contributed by atoms with van der Waals surface area (Å²) in [6.07, 6.45) is 0. The van der Waals surface area contributed by atoms with Crippen LogP contribution >= 0.6 is 0 Å². The molecule has 0 saturated carbocycles. The van der Waals surface area contributed by atoms with Crippen LogP contribution in [0.15, 0.2) is 80.4 Å². The lowest BCUT2D eigenvalue weighted by Gasteiger charge is -2.15. The Kier molecular flexibility index (Phi) is 5.68. The molecule has 38 heavy (non-hydrogen) atoms. The van der Waals surface area contributed by atoms with Gasteiger partial charge in [0, 0.05) is 21.5 Å². The molecule has 0 spiro atoms. The third-order valence-corrected chi connectivity index (χ3v) is 8.62. The highest BCUT2D eigenvalue weighted by atomic mass is 28.3. The molecule has 0 saturated heterocycles. The van der Waals surface area contributed by atoms with Crippen LogP contribution in [0.1, 0.15) is 5.56 Å². The molecule has 0 aliphatic rings. The summed E-state index contributed by atoms with van der Waals surface area (Å²) >= 11 is 0.